The lowest BCUT2D eigenvalue weighted by molar-refractivity contribution is 0.107. The molecule has 6 nitrogen and oxygen atoms in total. The standard InChI is InChI=1S/C13H21N3O3S/c1-3-14-13-9-12(6-7-15-13)20(17,18)16-10-4-5-11(8-10)19-2/h6-7,9-11,16H,3-5,8H2,1-2H3,(H,14,15). The minimum atomic E-state index is -3.50. The maximum atomic E-state index is 12.3. The van der Waals surface area contributed by atoms with E-state index in [0.717, 1.165) is 19.3 Å². The van der Waals surface area contributed by atoms with Gasteiger partial charge in [0.2, 0.25) is 10.0 Å². The number of aromatic nitrogens is 1. The van der Waals surface area contributed by atoms with Crippen LogP contribution in [0, 0.1) is 0 Å². The van der Waals surface area contributed by atoms with Crippen LogP contribution in [-0.4, -0.2) is 39.2 Å². The molecule has 1 fully saturated rings. The van der Waals surface area contributed by atoms with E-state index in [1.165, 1.54) is 12.3 Å². The van der Waals surface area contributed by atoms with Crippen LogP contribution in [0.4, 0.5) is 5.82 Å². The van der Waals surface area contributed by atoms with E-state index in [1.54, 1.807) is 13.2 Å². The first-order valence-corrected chi connectivity index (χ1v) is 8.28. The van der Waals surface area contributed by atoms with Gasteiger partial charge in [-0.3, -0.25) is 0 Å². The highest BCUT2D eigenvalue weighted by atomic mass is 32.2. The molecule has 0 bridgehead atoms. The lowest BCUT2D eigenvalue weighted by Gasteiger charge is -2.14. The van der Waals surface area contributed by atoms with Crippen LogP contribution in [0.3, 0.4) is 0 Å². The molecule has 1 saturated carbocycles. The van der Waals surface area contributed by atoms with Gasteiger partial charge in [-0.15, -0.1) is 0 Å². The SMILES string of the molecule is CCNc1cc(S(=O)(=O)NC2CCC(OC)C2)ccn1. The van der Waals surface area contributed by atoms with Crippen molar-refractivity contribution >= 4 is 15.8 Å². The molecule has 1 aliphatic carbocycles. The summed E-state index contributed by atoms with van der Waals surface area (Å²) in [5.74, 6) is 0.566. The van der Waals surface area contributed by atoms with Crippen molar-refractivity contribution in [3.63, 3.8) is 0 Å². The summed E-state index contributed by atoms with van der Waals surface area (Å²) in [7, 11) is -1.84. The topological polar surface area (TPSA) is 80.3 Å². The Morgan fingerprint density at radius 2 is 2.25 bits per heavy atom. The summed E-state index contributed by atoms with van der Waals surface area (Å²) in [4.78, 5) is 4.32. The number of ether oxygens (including phenoxy) is 1. The molecule has 0 amide bonds. The first-order valence-electron chi connectivity index (χ1n) is 6.80. The molecule has 1 aromatic rings. The van der Waals surface area contributed by atoms with Gasteiger partial charge in [-0.05, 0) is 32.3 Å². The third-order valence-corrected chi connectivity index (χ3v) is 4.96. The normalized spacial score (nSPS) is 22.9. The maximum Gasteiger partial charge on any atom is 0.241 e. The second kappa shape index (κ2) is 6.51. The quantitative estimate of drug-likeness (QED) is 0.829. The molecule has 0 saturated heterocycles. The molecule has 1 aromatic heterocycles. The summed E-state index contributed by atoms with van der Waals surface area (Å²) in [6, 6.07) is 3.00. The van der Waals surface area contributed by atoms with Crippen molar-refractivity contribution < 1.29 is 13.2 Å². The first kappa shape index (κ1) is 15.2. The van der Waals surface area contributed by atoms with Crippen molar-refractivity contribution in [2.75, 3.05) is 19.0 Å². The Kier molecular flexibility index (Phi) is 4.95. The van der Waals surface area contributed by atoms with Crippen molar-refractivity contribution in [3.05, 3.63) is 18.3 Å². The molecule has 2 N–H and O–H groups in total. The van der Waals surface area contributed by atoms with Crippen LogP contribution in [0.15, 0.2) is 23.2 Å². The summed E-state index contributed by atoms with van der Waals surface area (Å²) in [6.07, 6.45) is 4.07. The highest BCUT2D eigenvalue weighted by Gasteiger charge is 2.28. The highest BCUT2D eigenvalue weighted by molar-refractivity contribution is 7.89. The van der Waals surface area contributed by atoms with Gasteiger partial charge in [-0.25, -0.2) is 18.1 Å². The van der Waals surface area contributed by atoms with Crippen molar-refractivity contribution in [3.8, 4) is 0 Å². The van der Waals surface area contributed by atoms with E-state index in [2.05, 4.69) is 15.0 Å². The van der Waals surface area contributed by atoms with E-state index in [9.17, 15) is 8.42 Å². The van der Waals surface area contributed by atoms with Gasteiger partial charge >= 0.3 is 0 Å². The molecule has 2 rings (SSSR count). The third kappa shape index (κ3) is 3.68. The highest BCUT2D eigenvalue weighted by Crippen LogP contribution is 2.23. The average molecular weight is 299 g/mol. The van der Waals surface area contributed by atoms with Crippen LogP contribution < -0.4 is 10.0 Å². The number of hydrogen-bond donors (Lipinski definition) is 2. The summed E-state index contributed by atoms with van der Waals surface area (Å²) >= 11 is 0. The van der Waals surface area contributed by atoms with Gasteiger partial charge in [0.15, 0.2) is 0 Å². The number of pyridine rings is 1. The number of methoxy groups -OCH3 is 1. The molecule has 0 aliphatic heterocycles. The molecule has 0 aromatic carbocycles. The van der Waals surface area contributed by atoms with Gasteiger partial charge in [0, 0.05) is 32.0 Å². The molecule has 1 heterocycles. The zero-order valence-corrected chi connectivity index (χ0v) is 12.6. The fourth-order valence-electron chi connectivity index (χ4n) is 2.40. The Bertz CT molecular complexity index is 548. The van der Waals surface area contributed by atoms with E-state index in [4.69, 9.17) is 4.74 Å². The lowest BCUT2D eigenvalue weighted by Crippen LogP contribution is -2.33. The number of nitrogens with zero attached hydrogens (tertiary/aromatic N) is 1. The number of anilines is 1. The Hall–Kier alpha value is -1.18. The van der Waals surface area contributed by atoms with Gasteiger partial charge in [0.05, 0.1) is 11.0 Å². The Morgan fingerprint density at radius 1 is 1.45 bits per heavy atom. The number of rotatable bonds is 6. The number of nitrogens with one attached hydrogen (secondary N) is 2. The van der Waals surface area contributed by atoms with Crippen LogP contribution in [0.1, 0.15) is 26.2 Å². The lowest BCUT2D eigenvalue weighted by atomic mass is 10.3. The zero-order valence-electron chi connectivity index (χ0n) is 11.8. The van der Waals surface area contributed by atoms with E-state index in [-0.39, 0.29) is 17.0 Å². The van der Waals surface area contributed by atoms with Gasteiger partial charge in [0.25, 0.3) is 0 Å². The van der Waals surface area contributed by atoms with Crippen LogP contribution in [0.2, 0.25) is 0 Å². The van der Waals surface area contributed by atoms with E-state index in [1.807, 2.05) is 6.92 Å². The Balaban J connectivity index is 2.08. The zero-order chi connectivity index (χ0) is 14.6. The van der Waals surface area contributed by atoms with Crippen LogP contribution in [0.25, 0.3) is 0 Å². The van der Waals surface area contributed by atoms with Crippen LogP contribution >= 0.6 is 0 Å². The van der Waals surface area contributed by atoms with E-state index < -0.39 is 10.0 Å². The molecule has 2 unspecified atom stereocenters. The second-order valence-electron chi connectivity index (χ2n) is 4.90. The third-order valence-electron chi connectivity index (χ3n) is 3.44. The van der Waals surface area contributed by atoms with E-state index in [0.29, 0.717) is 12.4 Å². The minimum Gasteiger partial charge on any atom is -0.381 e. The average Bonchev–Trinajstić information content (AvgIpc) is 2.86. The molecule has 20 heavy (non-hydrogen) atoms. The molecule has 112 valence electrons. The second-order valence-corrected chi connectivity index (χ2v) is 6.61. The van der Waals surface area contributed by atoms with Gasteiger partial charge in [-0.1, -0.05) is 0 Å². The fraction of sp³-hybridized carbons (Fsp3) is 0.615. The van der Waals surface area contributed by atoms with E-state index >= 15 is 0 Å². The molecular formula is C13H21N3O3S. The molecule has 1 aliphatic rings. The fourth-order valence-corrected chi connectivity index (χ4v) is 3.70. The smallest absolute Gasteiger partial charge is 0.241 e. The maximum absolute atomic E-state index is 12.3. The summed E-state index contributed by atoms with van der Waals surface area (Å²) < 4.78 is 32.7. The monoisotopic (exact) mass is 299 g/mol. The molecular weight excluding hydrogens is 278 g/mol. The minimum absolute atomic E-state index is 0.0549. The molecule has 7 heteroatoms. The van der Waals surface area contributed by atoms with Crippen molar-refractivity contribution in [2.45, 2.75) is 43.2 Å². The first-order chi connectivity index (χ1) is 9.55. The van der Waals surface area contributed by atoms with Crippen molar-refractivity contribution in [1.29, 1.82) is 0 Å². The predicted octanol–water partition coefficient (Wildman–Crippen LogP) is 1.36. The van der Waals surface area contributed by atoms with Crippen LogP contribution in [-0.2, 0) is 14.8 Å². The Labute approximate surface area is 120 Å². The number of hydrogen-bond acceptors (Lipinski definition) is 5. The van der Waals surface area contributed by atoms with Gasteiger partial charge in [0.1, 0.15) is 5.82 Å². The van der Waals surface area contributed by atoms with Crippen molar-refractivity contribution in [1.82, 2.24) is 9.71 Å². The van der Waals surface area contributed by atoms with Gasteiger partial charge in [-0.2, -0.15) is 0 Å². The summed E-state index contributed by atoms with van der Waals surface area (Å²) in [5.41, 5.74) is 0. The van der Waals surface area contributed by atoms with Crippen molar-refractivity contribution in [2.24, 2.45) is 0 Å². The largest absolute Gasteiger partial charge is 0.381 e. The summed E-state index contributed by atoms with van der Waals surface area (Å²) in [6.45, 7) is 2.63. The Morgan fingerprint density at radius 3 is 2.90 bits per heavy atom. The molecule has 0 radical (unpaired) electrons. The summed E-state index contributed by atoms with van der Waals surface area (Å²) in [5, 5.41) is 3.01. The number of sulfonamides is 1. The predicted molar refractivity (Wildman–Crippen MR) is 77.2 cm³/mol. The van der Waals surface area contributed by atoms with Gasteiger partial charge < -0.3 is 10.1 Å². The molecule has 2 atom stereocenters. The molecule has 0 spiro atoms. The van der Waals surface area contributed by atoms with Crippen LogP contribution in [0.5, 0.6) is 0 Å².